The van der Waals surface area contributed by atoms with E-state index in [2.05, 4.69) is 20.3 Å². The SMILES string of the molecule is CCOC(=O)c1ccc(NCCCc2ncc[nH]2)nc1. The third-order valence-corrected chi connectivity index (χ3v) is 2.73. The first kappa shape index (κ1) is 14.0. The molecule has 0 aliphatic rings. The molecule has 0 unspecified atom stereocenters. The van der Waals surface area contributed by atoms with Crippen LogP contribution in [-0.4, -0.2) is 34.1 Å². The molecular formula is C14H18N4O2. The van der Waals surface area contributed by atoms with Crippen molar-refractivity contribution in [2.45, 2.75) is 19.8 Å². The Balaban J connectivity index is 1.74. The minimum absolute atomic E-state index is 0.343. The van der Waals surface area contributed by atoms with Crippen LogP contribution in [0.5, 0.6) is 0 Å². The maximum absolute atomic E-state index is 11.5. The van der Waals surface area contributed by atoms with Crippen LogP contribution in [0, 0.1) is 0 Å². The molecule has 0 saturated heterocycles. The zero-order chi connectivity index (χ0) is 14.2. The summed E-state index contributed by atoms with van der Waals surface area (Å²) in [4.78, 5) is 22.9. The molecule has 2 N–H and O–H groups in total. The summed E-state index contributed by atoms with van der Waals surface area (Å²) in [5.74, 6) is 1.39. The lowest BCUT2D eigenvalue weighted by Gasteiger charge is -2.06. The molecule has 0 aliphatic carbocycles. The van der Waals surface area contributed by atoms with Gasteiger partial charge in [0.15, 0.2) is 0 Å². The first-order chi connectivity index (χ1) is 9.79. The molecule has 106 valence electrons. The van der Waals surface area contributed by atoms with Crippen molar-refractivity contribution in [2.24, 2.45) is 0 Å². The van der Waals surface area contributed by atoms with Crippen LogP contribution in [-0.2, 0) is 11.2 Å². The predicted molar refractivity (Wildman–Crippen MR) is 75.6 cm³/mol. The summed E-state index contributed by atoms with van der Waals surface area (Å²) in [7, 11) is 0. The van der Waals surface area contributed by atoms with Crippen molar-refractivity contribution < 1.29 is 9.53 Å². The van der Waals surface area contributed by atoms with Gasteiger partial charge in [-0.3, -0.25) is 0 Å². The summed E-state index contributed by atoms with van der Waals surface area (Å²) in [6.45, 7) is 2.94. The highest BCUT2D eigenvalue weighted by Crippen LogP contribution is 2.07. The summed E-state index contributed by atoms with van der Waals surface area (Å²) in [6, 6.07) is 3.49. The van der Waals surface area contributed by atoms with Crippen LogP contribution >= 0.6 is 0 Å². The van der Waals surface area contributed by atoms with Crippen molar-refractivity contribution in [3.8, 4) is 0 Å². The van der Waals surface area contributed by atoms with Gasteiger partial charge in [0.2, 0.25) is 0 Å². The average molecular weight is 274 g/mol. The Kier molecular flexibility index (Phi) is 5.11. The molecule has 2 aromatic rings. The molecule has 0 aliphatic heterocycles. The second kappa shape index (κ2) is 7.28. The molecule has 0 bridgehead atoms. The van der Waals surface area contributed by atoms with Gasteiger partial charge in [-0.2, -0.15) is 0 Å². The second-order valence-corrected chi connectivity index (χ2v) is 4.22. The van der Waals surface area contributed by atoms with Crippen LogP contribution in [0.3, 0.4) is 0 Å². The Morgan fingerprint density at radius 2 is 2.30 bits per heavy atom. The third kappa shape index (κ3) is 4.08. The van der Waals surface area contributed by atoms with Crippen molar-refractivity contribution in [1.29, 1.82) is 0 Å². The van der Waals surface area contributed by atoms with Gasteiger partial charge in [0.05, 0.1) is 12.2 Å². The molecule has 2 heterocycles. The van der Waals surface area contributed by atoms with Gasteiger partial charge in [0.1, 0.15) is 11.6 Å². The quantitative estimate of drug-likeness (QED) is 0.596. The van der Waals surface area contributed by atoms with E-state index in [4.69, 9.17) is 4.74 Å². The monoisotopic (exact) mass is 274 g/mol. The van der Waals surface area contributed by atoms with E-state index in [-0.39, 0.29) is 5.97 Å². The minimum Gasteiger partial charge on any atom is -0.462 e. The van der Waals surface area contributed by atoms with Crippen LogP contribution in [0.4, 0.5) is 5.82 Å². The van der Waals surface area contributed by atoms with E-state index in [0.29, 0.717) is 12.2 Å². The van der Waals surface area contributed by atoms with Gasteiger partial charge in [-0.05, 0) is 25.5 Å². The number of hydrogen-bond acceptors (Lipinski definition) is 5. The minimum atomic E-state index is -0.343. The van der Waals surface area contributed by atoms with Crippen molar-refractivity contribution >= 4 is 11.8 Å². The van der Waals surface area contributed by atoms with Gasteiger partial charge >= 0.3 is 5.97 Å². The van der Waals surface area contributed by atoms with E-state index < -0.39 is 0 Å². The Bertz CT molecular complexity index is 523. The second-order valence-electron chi connectivity index (χ2n) is 4.22. The normalized spacial score (nSPS) is 10.2. The van der Waals surface area contributed by atoms with Crippen LogP contribution in [0.25, 0.3) is 0 Å². The molecule has 0 fully saturated rings. The summed E-state index contributed by atoms with van der Waals surface area (Å²) in [5, 5.41) is 3.20. The molecule has 0 amide bonds. The fourth-order valence-corrected chi connectivity index (χ4v) is 1.74. The standard InChI is InChI=1S/C14H18N4O2/c1-2-20-14(19)11-5-6-13(18-10-11)15-7-3-4-12-16-8-9-17-12/h5-6,8-10H,2-4,7H2,1H3,(H,15,18)(H,16,17). The Hall–Kier alpha value is -2.37. The smallest absolute Gasteiger partial charge is 0.339 e. The van der Waals surface area contributed by atoms with E-state index in [1.54, 1.807) is 25.3 Å². The van der Waals surface area contributed by atoms with Gasteiger partial charge in [-0.1, -0.05) is 0 Å². The number of ether oxygens (including phenoxy) is 1. The van der Waals surface area contributed by atoms with Crippen molar-refractivity contribution in [3.63, 3.8) is 0 Å². The predicted octanol–water partition coefficient (Wildman–Crippen LogP) is 2.03. The number of rotatable bonds is 7. The molecular weight excluding hydrogens is 256 g/mol. The molecule has 0 atom stereocenters. The highest BCUT2D eigenvalue weighted by molar-refractivity contribution is 5.89. The zero-order valence-electron chi connectivity index (χ0n) is 11.4. The van der Waals surface area contributed by atoms with Crippen LogP contribution < -0.4 is 5.32 Å². The highest BCUT2D eigenvalue weighted by atomic mass is 16.5. The number of H-pyrrole nitrogens is 1. The molecule has 6 heteroatoms. The first-order valence-electron chi connectivity index (χ1n) is 6.65. The van der Waals surface area contributed by atoms with Crippen molar-refractivity contribution in [1.82, 2.24) is 15.0 Å². The van der Waals surface area contributed by atoms with Gasteiger partial charge in [-0.15, -0.1) is 0 Å². The molecule has 2 aromatic heterocycles. The van der Waals surface area contributed by atoms with E-state index in [9.17, 15) is 4.79 Å². The van der Waals surface area contributed by atoms with Crippen molar-refractivity contribution in [2.75, 3.05) is 18.5 Å². The van der Waals surface area contributed by atoms with Crippen molar-refractivity contribution in [3.05, 3.63) is 42.1 Å². The molecule has 0 saturated carbocycles. The maximum atomic E-state index is 11.5. The number of nitrogens with zero attached hydrogens (tertiary/aromatic N) is 2. The van der Waals surface area contributed by atoms with Crippen LogP contribution in [0.15, 0.2) is 30.7 Å². The Morgan fingerprint density at radius 1 is 1.40 bits per heavy atom. The van der Waals surface area contributed by atoms with Crippen LogP contribution in [0.1, 0.15) is 29.5 Å². The van der Waals surface area contributed by atoms with E-state index >= 15 is 0 Å². The van der Waals surface area contributed by atoms with Gasteiger partial charge in [-0.25, -0.2) is 14.8 Å². The first-order valence-corrected chi connectivity index (χ1v) is 6.65. The van der Waals surface area contributed by atoms with Gasteiger partial charge in [0.25, 0.3) is 0 Å². The molecule has 6 nitrogen and oxygen atoms in total. The lowest BCUT2D eigenvalue weighted by atomic mass is 10.2. The number of imidazole rings is 1. The number of aromatic amines is 1. The summed E-state index contributed by atoms with van der Waals surface area (Å²) < 4.78 is 4.90. The molecule has 0 aromatic carbocycles. The summed E-state index contributed by atoms with van der Waals surface area (Å²) >= 11 is 0. The number of carbonyl (C=O) groups is 1. The average Bonchev–Trinajstić information content (AvgIpc) is 2.98. The summed E-state index contributed by atoms with van der Waals surface area (Å²) in [5.41, 5.74) is 0.466. The number of aromatic nitrogens is 3. The molecule has 20 heavy (non-hydrogen) atoms. The van der Waals surface area contributed by atoms with Crippen LogP contribution in [0.2, 0.25) is 0 Å². The van der Waals surface area contributed by atoms with Gasteiger partial charge in [0, 0.05) is 31.6 Å². The fraction of sp³-hybridized carbons (Fsp3) is 0.357. The Labute approximate surface area is 117 Å². The molecule has 2 rings (SSSR count). The number of hydrogen-bond donors (Lipinski definition) is 2. The summed E-state index contributed by atoms with van der Waals surface area (Å²) in [6.07, 6.45) is 6.93. The lowest BCUT2D eigenvalue weighted by molar-refractivity contribution is 0.0526. The number of nitrogens with one attached hydrogen (secondary N) is 2. The zero-order valence-corrected chi connectivity index (χ0v) is 11.4. The number of pyridine rings is 1. The van der Waals surface area contributed by atoms with E-state index in [0.717, 1.165) is 31.0 Å². The lowest BCUT2D eigenvalue weighted by Crippen LogP contribution is -2.08. The number of esters is 1. The largest absolute Gasteiger partial charge is 0.462 e. The third-order valence-electron chi connectivity index (χ3n) is 2.73. The van der Waals surface area contributed by atoms with Gasteiger partial charge < -0.3 is 15.0 Å². The number of aryl methyl sites for hydroxylation is 1. The van der Waals surface area contributed by atoms with E-state index in [1.807, 2.05) is 6.20 Å². The fourth-order valence-electron chi connectivity index (χ4n) is 1.74. The Morgan fingerprint density at radius 3 is 2.95 bits per heavy atom. The topological polar surface area (TPSA) is 79.9 Å². The highest BCUT2D eigenvalue weighted by Gasteiger charge is 2.06. The number of anilines is 1. The number of carbonyl (C=O) groups excluding carboxylic acids is 1. The molecule has 0 spiro atoms. The van der Waals surface area contributed by atoms with E-state index in [1.165, 1.54) is 6.20 Å². The maximum Gasteiger partial charge on any atom is 0.339 e. The molecule has 0 radical (unpaired) electrons.